The van der Waals surface area contributed by atoms with Crippen LogP contribution in [-0.4, -0.2) is 62.2 Å². The Bertz CT molecular complexity index is 323. The maximum absolute atomic E-state index is 3.59. The first-order valence-electron chi connectivity index (χ1n) is 8.90. The summed E-state index contributed by atoms with van der Waals surface area (Å²) in [4.78, 5) is 5.21. The van der Waals surface area contributed by atoms with Crippen molar-refractivity contribution in [1.29, 1.82) is 0 Å². The molecule has 0 aromatic carbocycles. The van der Waals surface area contributed by atoms with Gasteiger partial charge in [0, 0.05) is 24.7 Å². The molecule has 0 aromatic heterocycles. The van der Waals surface area contributed by atoms with Gasteiger partial charge in [0.25, 0.3) is 0 Å². The van der Waals surface area contributed by atoms with Crippen LogP contribution in [0.3, 0.4) is 0 Å². The highest BCUT2D eigenvalue weighted by atomic mass is 15.2. The van der Waals surface area contributed by atoms with Gasteiger partial charge in [-0.2, -0.15) is 0 Å². The molecular weight excluding hydrogens is 258 g/mol. The fourth-order valence-electron chi connectivity index (χ4n) is 4.43. The van der Waals surface area contributed by atoms with Gasteiger partial charge >= 0.3 is 0 Å². The summed E-state index contributed by atoms with van der Waals surface area (Å²) in [5, 5.41) is 3.59. The predicted molar refractivity (Wildman–Crippen MR) is 91.7 cm³/mol. The Kier molecular flexibility index (Phi) is 5.72. The Labute approximate surface area is 132 Å². The molecule has 1 heterocycles. The van der Waals surface area contributed by atoms with E-state index in [1.54, 1.807) is 0 Å². The van der Waals surface area contributed by atoms with E-state index in [1.807, 2.05) is 0 Å². The minimum Gasteiger partial charge on any atom is -0.315 e. The van der Waals surface area contributed by atoms with Gasteiger partial charge < -0.3 is 15.1 Å². The van der Waals surface area contributed by atoms with Gasteiger partial charge in [-0.1, -0.05) is 20.8 Å². The van der Waals surface area contributed by atoms with Crippen molar-refractivity contribution < 1.29 is 0 Å². The molecule has 3 nitrogen and oxygen atoms in total. The Balaban J connectivity index is 1.99. The van der Waals surface area contributed by atoms with Crippen molar-refractivity contribution in [3.63, 3.8) is 0 Å². The second kappa shape index (κ2) is 6.97. The number of hydrogen-bond donors (Lipinski definition) is 1. The standard InChI is InChI=1S/C18H37N3/c1-18(2,3)14-9-10-16(19-4)17(12-14)21(6)13-15-8-7-11-20(15)5/h14-17,19H,7-13H2,1-6H3. The summed E-state index contributed by atoms with van der Waals surface area (Å²) in [6.07, 6.45) is 6.80. The third-order valence-corrected chi connectivity index (χ3v) is 6.15. The number of hydrogen-bond acceptors (Lipinski definition) is 3. The van der Waals surface area contributed by atoms with Gasteiger partial charge in [-0.15, -0.1) is 0 Å². The summed E-state index contributed by atoms with van der Waals surface area (Å²) >= 11 is 0. The third-order valence-electron chi connectivity index (χ3n) is 6.15. The zero-order valence-corrected chi connectivity index (χ0v) is 15.2. The van der Waals surface area contributed by atoms with Crippen LogP contribution in [0.15, 0.2) is 0 Å². The normalized spacial score (nSPS) is 35.6. The summed E-state index contributed by atoms with van der Waals surface area (Å²) in [7, 11) is 6.79. The molecule has 3 heteroatoms. The highest BCUT2D eigenvalue weighted by Crippen LogP contribution is 2.39. The van der Waals surface area contributed by atoms with E-state index >= 15 is 0 Å². The third kappa shape index (κ3) is 4.20. The van der Waals surface area contributed by atoms with Gasteiger partial charge in [0.15, 0.2) is 0 Å². The molecule has 1 saturated heterocycles. The Hall–Kier alpha value is -0.120. The van der Waals surface area contributed by atoms with Crippen LogP contribution in [0.1, 0.15) is 52.9 Å². The molecule has 1 N–H and O–H groups in total. The SMILES string of the molecule is CNC1CCC(C(C)(C)C)CC1N(C)CC1CCCN1C. The first-order valence-corrected chi connectivity index (χ1v) is 8.90. The maximum atomic E-state index is 3.59. The summed E-state index contributed by atoms with van der Waals surface area (Å²) in [5.74, 6) is 0.857. The molecule has 2 fully saturated rings. The lowest BCUT2D eigenvalue weighted by atomic mass is 9.69. The van der Waals surface area contributed by atoms with Crippen LogP contribution in [0.25, 0.3) is 0 Å². The number of nitrogens with one attached hydrogen (secondary N) is 1. The minimum absolute atomic E-state index is 0.446. The van der Waals surface area contributed by atoms with E-state index in [1.165, 1.54) is 45.2 Å². The van der Waals surface area contributed by atoms with Gasteiger partial charge in [-0.05, 0) is 71.1 Å². The highest BCUT2D eigenvalue weighted by molar-refractivity contribution is 4.94. The minimum atomic E-state index is 0.446. The van der Waals surface area contributed by atoms with Crippen molar-refractivity contribution in [2.75, 3.05) is 34.2 Å². The van der Waals surface area contributed by atoms with E-state index in [0.29, 0.717) is 17.5 Å². The lowest BCUT2D eigenvalue weighted by molar-refractivity contribution is 0.0631. The Morgan fingerprint density at radius 3 is 2.43 bits per heavy atom. The number of likely N-dealkylation sites (tertiary alicyclic amines) is 1. The molecule has 1 aliphatic heterocycles. The summed E-state index contributed by atoms with van der Waals surface area (Å²) in [6.45, 7) is 9.76. The highest BCUT2D eigenvalue weighted by Gasteiger charge is 2.37. The fraction of sp³-hybridized carbons (Fsp3) is 1.00. The van der Waals surface area contributed by atoms with E-state index in [-0.39, 0.29) is 0 Å². The van der Waals surface area contributed by atoms with Crippen molar-refractivity contribution in [2.24, 2.45) is 11.3 Å². The summed E-state index contributed by atoms with van der Waals surface area (Å²) in [5.41, 5.74) is 0.446. The van der Waals surface area contributed by atoms with Crippen molar-refractivity contribution >= 4 is 0 Å². The molecule has 0 aromatic rings. The summed E-state index contributed by atoms with van der Waals surface area (Å²) < 4.78 is 0. The molecule has 2 rings (SSSR count). The predicted octanol–water partition coefficient (Wildman–Crippen LogP) is 2.82. The van der Waals surface area contributed by atoms with Crippen LogP contribution >= 0.6 is 0 Å². The molecule has 2 aliphatic rings. The van der Waals surface area contributed by atoms with Crippen molar-refractivity contribution in [1.82, 2.24) is 15.1 Å². The van der Waals surface area contributed by atoms with Crippen LogP contribution in [0.2, 0.25) is 0 Å². The van der Waals surface area contributed by atoms with E-state index in [9.17, 15) is 0 Å². The van der Waals surface area contributed by atoms with Gasteiger partial charge in [-0.3, -0.25) is 0 Å². The maximum Gasteiger partial charge on any atom is 0.0249 e. The average Bonchev–Trinajstić information content (AvgIpc) is 2.82. The lowest BCUT2D eigenvalue weighted by Gasteiger charge is -2.46. The molecule has 0 spiro atoms. The smallest absolute Gasteiger partial charge is 0.0249 e. The molecular formula is C18H37N3. The van der Waals surface area contributed by atoms with Crippen molar-refractivity contribution in [3.05, 3.63) is 0 Å². The fourth-order valence-corrected chi connectivity index (χ4v) is 4.43. The Morgan fingerprint density at radius 2 is 1.90 bits per heavy atom. The number of likely N-dealkylation sites (N-methyl/N-ethyl adjacent to an activating group) is 3. The number of rotatable bonds is 4. The first kappa shape index (κ1) is 17.2. The zero-order chi connectivity index (χ0) is 15.6. The second-order valence-electron chi connectivity index (χ2n) is 8.55. The molecule has 4 atom stereocenters. The van der Waals surface area contributed by atoms with Crippen LogP contribution in [0.5, 0.6) is 0 Å². The van der Waals surface area contributed by atoms with Gasteiger partial charge in [0.2, 0.25) is 0 Å². The van der Waals surface area contributed by atoms with Gasteiger partial charge in [-0.25, -0.2) is 0 Å². The molecule has 1 saturated carbocycles. The van der Waals surface area contributed by atoms with E-state index in [2.05, 4.69) is 57.0 Å². The van der Waals surface area contributed by atoms with Crippen molar-refractivity contribution in [2.45, 2.75) is 71.0 Å². The van der Waals surface area contributed by atoms with Crippen LogP contribution in [0, 0.1) is 11.3 Å². The van der Waals surface area contributed by atoms with E-state index in [4.69, 9.17) is 0 Å². The van der Waals surface area contributed by atoms with Gasteiger partial charge in [0.1, 0.15) is 0 Å². The molecule has 0 bridgehead atoms. The first-order chi connectivity index (χ1) is 9.82. The molecule has 21 heavy (non-hydrogen) atoms. The molecule has 4 unspecified atom stereocenters. The lowest BCUT2D eigenvalue weighted by Crippen LogP contribution is -2.54. The van der Waals surface area contributed by atoms with E-state index in [0.717, 1.165) is 12.0 Å². The zero-order valence-electron chi connectivity index (χ0n) is 15.2. The molecule has 0 amide bonds. The van der Waals surface area contributed by atoms with E-state index < -0.39 is 0 Å². The van der Waals surface area contributed by atoms with Crippen LogP contribution < -0.4 is 5.32 Å². The van der Waals surface area contributed by atoms with Crippen molar-refractivity contribution in [3.8, 4) is 0 Å². The van der Waals surface area contributed by atoms with Crippen LogP contribution in [0.4, 0.5) is 0 Å². The quantitative estimate of drug-likeness (QED) is 0.860. The second-order valence-corrected chi connectivity index (χ2v) is 8.55. The monoisotopic (exact) mass is 295 g/mol. The molecule has 0 radical (unpaired) electrons. The average molecular weight is 296 g/mol. The topological polar surface area (TPSA) is 18.5 Å². The largest absolute Gasteiger partial charge is 0.315 e. The van der Waals surface area contributed by atoms with Crippen LogP contribution in [-0.2, 0) is 0 Å². The number of nitrogens with zero attached hydrogens (tertiary/aromatic N) is 2. The molecule has 1 aliphatic carbocycles. The summed E-state index contributed by atoms with van der Waals surface area (Å²) in [6, 6.07) is 2.13. The Morgan fingerprint density at radius 1 is 1.19 bits per heavy atom. The van der Waals surface area contributed by atoms with Gasteiger partial charge in [0.05, 0.1) is 0 Å². The molecule has 124 valence electrons.